The Kier molecular flexibility index (Phi) is 7.84. The van der Waals surface area contributed by atoms with Crippen molar-refractivity contribution in [2.24, 2.45) is 0 Å². The van der Waals surface area contributed by atoms with Crippen LogP contribution in [0.15, 0.2) is 34.6 Å². The highest BCUT2D eigenvalue weighted by molar-refractivity contribution is 7.14. The van der Waals surface area contributed by atoms with Gasteiger partial charge >= 0.3 is 6.18 Å². The number of hydrogen-bond acceptors (Lipinski definition) is 8. The molecule has 5 rings (SSSR count). The van der Waals surface area contributed by atoms with Gasteiger partial charge in [-0.2, -0.15) is 13.2 Å². The van der Waals surface area contributed by atoms with E-state index in [1.165, 1.54) is 23.5 Å². The fourth-order valence-electron chi connectivity index (χ4n) is 4.76. The zero-order valence-corrected chi connectivity index (χ0v) is 22.7. The molecule has 4 heterocycles. The summed E-state index contributed by atoms with van der Waals surface area (Å²) < 4.78 is 62.0. The van der Waals surface area contributed by atoms with E-state index in [9.17, 15) is 22.8 Å². The Morgan fingerprint density at radius 1 is 1.15 bits per heavy atom. The van der Waals surface area contributed by atoms with Crippen LogP contribution in [0, 0.1) is 5.82 Å². The number of morpholine rings is 1. The van der Waals surface area contributed by atoms with Gasteiger partial charge in [0, 0.05) is 62.0 Å². The largest absolute Gasteiger partial charge is 0.417 e. The molecule has 3 aromatic rings. The second-order valence-electron chi connectivity index (χ2n) is 9.82. The van der Waals surface area contributed by atoms with Gasteiger partial charge in [-0.1, -0.05) is 0 Å². The molecule has 2 N–H and O–H groups in total. The number of likely N-dealkylation sites (N-methyl/N-ethyl adjacent to an activating group) is 1. The summed E-state index contributed by atoms with van der Waals surface area (Å²) in [6.45, 7) is 6.13. The molecule has 214 valence electrons. The van der Waals surface area contributed by atoms with Crippen LogP contribution in [0.25, 0.3) is 11.3 Å². The Hall–Kier alpha value is -3.49. The van der Waals surface area contributed by atoms with E-state index in [0.29, 0.717) is 68.5 Å². The van der Waals surface area contributed by atoms with Crippen molar-refractivity contribution in [1.29, 1.82) is 0 Å². The molecule has 1 atom stereocenters. The van der Waals surface area contributed by atoms with Crippen LogP contribution in [-0.2, 0) is 10.9 Å². The van der Waals surface area contributed by atoms with Gasteiger partial charge in [0.1, 0.15) is 5.82 Å². The van der Waals surface area contributed by atoms with Gasteiger partial charge in [0.15, 0.2) is 5.13 Å². The fraction of sp³-hybridized carbons (Fsp3) is 0.423. The van der Waals surface area contributed by atoms with Gasteiger partial charge in [0.25, 0.3) is 5.91 Å². The van der Waals surface area contributed by atoms with Crippen molar-refractivity contribution in [3.8, 4) is 11.3 Å². The van der Waals surface area contributed by atoms with Crippen molar-refractivity contribution >= 4 is 33.8 Å². The summed E-state index contributed by atoms with van der Waals surface area (Å²) in [5, 5.41) is 4.96. The summed E-state index contributed by atoms with van der Waals surface area (Å²) in [7, 11) is 1.97. The van der Waals surface area contributed by atoms with Gasteiger partial charge in [-0.05, 0) is 26.1 Å². The molecule has 1 amide bonds. The molecule has 2 aliphatic rings. The minimum atomic E-state index is -4.93. The molecule has 0 aliphatic carbocycles. The maximum absolute atomic E-state index is 15.6. The molecule has 9 nitrogen and oxygen atoms in total. The molecule has 2 aliphatic heterocycles. The number of pyridine rings is 1. The van der Waals surface area contributed by atoms with Crippen LogP contribution in [-0.4, -0.2) is 79.8 Å². The lowest BCUT2D eigenvalue weighted by Gasteiger charge is -2.39. The highest BCUT2D eigenvalue weighted by atomic mass is 32.1. The molecule has 1 aromatic carbocycles. The van der Waals surface area contributed by atoms with Crippen LogP contribution < -0.4 is 20.7 Å². The predicted octanol–water partition coefficient (Wildman–Crippen LogP) is 3.89. The minimum absolute atomic E-state index is 0.106. The lowest BCUT2D eigenvalue weighted by atomic mass is 10.1. The Bertz CT molecular complexity index is 1450. The number of ether oxygens (including phenoxy) is 1. The van der Waals surface area contributed by atoms with E-state index in [0.717, 1.165) is 6.20 Å². The van der Waals surface area contributed by atoms with Gasteiger partial charge < -0.3 is 29.7 Å². The topological polar surface area (TPSA) is 93.8 Å². The first kappa shape index (κ1) is 28.1. The summed E-state index contributed by atoms with van der Waals surface area (Å²) in [6.07, 6.45) is -4.20. The number of aromatic amines is 1. The molecular formula is C26H28F4N6O3S. The van der Waals surface area contributed by atoms with E-state index in [4.69, 9.17) is 4.74 Å². The van der Waals surface area contributed by atoms with Gasteiger partial charge in [-0.15, -0.1) is 11.3 Å². The summed E-state index contributed by atoms with van der Waals surface area (Å²) in [6, 6.07) is 3.15. The second-order valence-corrected chi connectivity index (χ2v) is 10.7. The lowest BCUT2D eigenvalue weighted by Crippen LogP contribution is -2.50. The van der Waals surface area contributed by atoms with Crippen molar-refractivity contribution in [2.45, 2.75) is 19.1 Å². The van der Waals surface area contributed by atoms with E-state index in [1.54, 1.807) is 5.38 Å². The van der Waals surface area contributed by atoms with Crippen LogP contribution in [0.1, 0.15) is 22.8 Å². The van der Waals surface area contributed by atoms with Gasteiger partial charge in [0.05, 0.1) is 41.4 Å². The van der Waals surface area contributed by atoms with Crippen molar-refractivity contribution in [3.63, 3.8) is 0 Å². The number of nitrogens with one attached hydrogen (secondary N) is 2. The number of rotatable bonds is 5. The smallest absolute Gasteiger partial charge is 0.378 e. The molecular weight excluding hydrogens is 552 g/mol. The molecule has 14 heteroatoms. The Balaban J connectivity index is 1.54. The number of alkyl halides is 3. The predicted molar refractivity (Wildman–Crippen MR) is 145 cm³/mol. The van der Waals surface area contributed by atoms with E-state index in [2.05, 4.69) is 20.2 Å². The number of carbonyl (C=O) groups is 1. The van der Waals surface area contributed by atoms with Crippen molar-refractivity contribution in [3.05, 3.63) is 57.1 Å². The normalized spacial score (nSPS) is 18.7. The summed E-state index contributed by atoms with van der Waals surface area (Å²) in [5.74, 6) is -1.66. The molecule has 2 saturated heterocycles. The third kappa shape index (κ3) is 5.83. The van der Waals surface area contributed by atoms with Crippen LogP contribution in [0.2, 0.25) is 0 Å². The Morgan fingerprint density at radius 2 is 1.90 bits per heavy atom. The molecule has 0 bridgehead atoms. The van der Waals surface area contributed by atoms with Crippen molar-refractivity contribution in [1.82, 2.24) is 14.9 Å². The minimum Gasteiger partial charge on any atom is -0.378 e. The average Bonchev–Trinajstić information content (AvgIpc) is 3.41. The number of anilines is 3. The monoisotopic (exact) mass is 580 g/mol. The van der Waals surface area contributed by atoms with Crippen molar-refractivity contribution in [2.75, 3.05) is 68.1 Å². The molecule has 2 aromatic heterocycles. The Morgan fingerprint density at radius 3 is 2.60 bits per heavy atom. The zero-order valence-electron chi connectivity index (χ0n) is 21.8. The summed E-state index contributed by atoms with van der Waals surface area (Å²) >= 11 is 1.35. The maximum Gasteiger partial charge on any atom is 0.417 e. The number of thiazole rings is 1. The van der Waals surface area contributed by atoms with Crippen LogP contribution in [0.5, 0.6) is 0 Å². The first-order chi connectivity index (χ1) is 19.0. The Labute approximate surface area is 231 Å². The third-order valence-corrected chi connectivity index (χ3v) is 8.06. The molecule has 0 spiro atoms. The number of hydrogen-bond donors (Lipinski definition) is 2. The van der Waals surface area contributed by atoms with Crippen molar-refractivity contribution < 1.29 is 27.1 Å². The van der Waals surface area contributed by atoms with Gasteiger partial charge in [0.2, 0.25) is 5.56 Å². The zero-order chi connectivity index (χ0) is 28.6. The van der Waals surface area contributed by atoms with Crippen LogP contribution in [0.3, 0.4) is 0 Å². The number of carbonyl (C=O) groups excluding carboxylic acids is 1. The molecule has 0 unspecified atom stereocenters. The number of aromatic nitrogens is 2. The number of amides is 1. The highest BCUT2D eigenvalue weighted by Crippen LogP contribution is 2.38. The van der Waals surface area contributed by atoms with Crippen LogP contribution >= 0.6 is 11.3 Å². The third-order valence-electron chi connectivity index (χ3n) is 7.16. The quantitative estimate of drug-likeness (QED) is 0.443. The lowest BCUT2D eigenvalue weighted by molar-refractivity contribution is -0.138. The van der Waals surface area contributed by atoms with E-state index < -0.39 is 34.6 Å². The van der Waals surface area contributed by atoms with E-state index >= 15 is 4.39 Å². The first-order valence-corrected chi connectivity index (χ1v) is 13.6. The average molecular weight is 581 g/mol. The molecule has 0 saturated carbocycles. The molecule has 2 fully saturated rings. The van der Waals surface area contributed by atoms with Gasteiger partial charge in [-0.3, -0.25) is 9.59 Å². The van der Waals surface area contributed by atoms with E-state index in [1.807, 2.05) is 23.8 Å². The second kappa shape index (κ2) is 11.2. The standard InChI is InChI=1S/C26H28F4N6O3S/c1-15-13-36(4-3-34(15)2)22-11-19(27)16(21-14-40-25(33-21)35-5-7-39-8-6-35)9-20(22)32-24(38)17-12-31-23(37)10-18(17)26(28,29)30/h9-12,14-15H,3-8,13H2,1-2H3,(H,31,37)(H,32,38)/t15-/m0/s1. The molecule has 0 radical (unpaired) electrons. The summed E-state index contributed by atoms with van der Waals surface area (Å²) in [5.41, 5.74) is -2.17. The van der Waals surface area contributed by atoms with Crippen LogP contribution in [0.4, 0.5) is 34.1 Å². The maximum atomic E-state index is 15.6. The SMILES string of the molecule is C[C@H]1CN(c2cc(F)c(-c3csc(N4CCOCC4)n3)cc2NC(=O)c2c[nH]c(=O)cc2C(F)(F)F)CCN1C. The number of halogens is 4. The number of H-pyrrole nitrogens is 1. The molecule has 40 heavy (non-hydrogen) atoms. The number of nitrogens with zero attached hydrogens (tertiary/aromatic N) is 4. The summed E-state index contributed by atoms with van der Waals surface area (Å²) in [4.78, 5) is 37.6. The highest BCUT2D eigenvalue weighted by Gasteiger charge is 2.36. The first-order valence-electron chi connectivity index (χ1n) is 12.7. The fourth-order valence-corrected chi connectivity index (χ4v) is 5.64. The van der Waals surface area contributed by atoms with E-state index in [-0.39, 0.29) is 17.3 Å². The number of benzene rings is 1. The van der Waals surface area contributed by atoms with Gasteiger partial charge in [-0.25, -0.2) is 9.37 Å². The number of piperazine rings is 1.